The van der Waals surface area contributed by atoms with Crippen molar-refractivity contribution in [3.8, 4) is 0 Å². The van der Waals surface area contributed by atoms with E-state index in [1.807, 2.05) is 24.3 Å². The summed E-state index contributed by atoms with van der Waals surface area (Å²) in [6.07, 6.45) is 0.722. The maximum atomic E-state index is 12.1. The monoisotopic (exact) mass is 295 g/mol. The van der Waals surface area contributed by atoms with E-state index in [0.717, 1.165) is 44.0 Å². The largest absolute Gasteiger partial charge is 0.367 e. The number of hydrogen-bond donors (Lipinski definition) is 0. The van der Waals surface area contributed by atoms with Crippen LogP contribution in [0.25, 0.3) is 0 Å². The fourth-order valence-electron chi connectivity index (χ4n) is 2.90. The van der Waals surface area contributed by atoms with E-state index in [2.05, 4.69) is 16.8 Å². The van der Waals surface area contributed by atoms with Crippen molar-refractivity contribution < 1.29 is 8.42 Å². The van der Waals surface area contributed by atoms with E-state index in [-0.39, 0.29) is 5.75 Å². The summed E-state index contributed by atoms with van der Waals surface area (Å²) in [6.45, 7) is 4.53. The van der Waals surface area contributed by atoms with Crippen molar-refractivity contribution in [3.05, 3.63) is 24.3 Å². The molecule has 2 fully saturated rings. The van der Waals surface area contributed by atoms with Crippen LogP contribution in [0.15, 0.2) is 24.3 Å². The first-order valence-electron chi connectivity index (χ1n) is 7.11. The first kappa shape index (κ1) is 13.7. The summed E-state index contributed by atoms with van der Waals surface area (Å²) < 4.78 is 25.9. The van der Waals surface area contributed by atoms with Crippen LogP contribution in [-0.2, 0) is 10.0 Å². The second kappa shape index (κ2) is 5.26. The van der Waals surface area contributed by atoms with Gasteiger partial charge in [0, 0.05) is 32.7 Å². The molecule has 1 aromatic carbocycles. The van der Waals surface area contributed by atoms with Crippen LogP contribution in [-0.4, -0.2) is 58.8 Å². The molecule has 0 N–H and O–H groups in total. The van der Waals surface area contributed by atoms with Gasteiger partial charge >= 0.3 is 0 Å². The normalized spacial score (nSPS) is 23.2. The zero-order chi connectivity index (χ0) is 14.2. The summed E-state index contributed by atoms with van der Waals surface area (Å²) in [5, 5.41) is 0. The van der Waals surface area contributed by atoms with E-state index < -0.39 is 10.0 Å². The van der Waals surface area contributed by atoms with E-state index in [9.17, 15) is 8.42 Å². The SMILES string of the molecule is CN1CCN(c2ccccc2N2CCCS2(=O)=O)CC1. The van der Waals surface area contributed by atoms with E-state index >= 15 is 0 Å². The second-order valence-electron chi connectivity index (χ2n) is 5.52. The number of rotatable bonds is 2. The molecule has 0 aliphatic carbocycles. The van der Waals surface area contributed by atoms with Gasteiger partial charge in [0.25, 0.3) is 0 Å². The zero-order valence-electron chi connectivity index (χ0n) is 11.8. The van der Waals surface area contributed by atoms with Gasteiger partial charge in [-0.3, -0.25) is 4.31 Å². The highest BCUT2D eigenvalue weighted by Crippen LogP contribution is 2.34. The van der Waals surface area contributed by atoms with Crippen LogP contribution >= 0.6 is 0 Å². The van der Waals surface area contributed by atoms with Crippen LogP contribution in [0.1, 0.15) is 6.42 Å². The number of para-hydroxylation sites is 2. The lowest BCUT2D eigenvalue weighted by molar-refractivity contribution is 0.313. The molecule has 6 heteroatoms. The van der Waals surface area contributed by atoms with Gasteiger partial charge in [0.1, 0.15) is 0 Å². The van der Waals surface area contributed by atoms with Crippen LogP contribution in [0.3, 0.4) is 0 Å². The van der Waals surface area contributed by atoms with Gasteiger partial charge in [0.05, 0.1) is 17.1 Å². The highest BCUT2D eigenvalue weighted by molar-refractivity contribution is 7.93. The first-order valence-corrected chi connectivity index (χ1v) is 8.72. The highest BCUT2D eigenvalue weighted by Gasteiger charge is 2.31. The molecule has 5 nitrogen and oxygen atoms in total. The van der Waals surface area contributed by atoms with Crippen LogP contribution in [0.5, 0.6) is 0 Å². The smallest absolute Gasteiger partial charge is 0.235 e. The van der Waals surface area contributed by atoms with Crippen molar-refractivity contribution in [2.24, 2.45) is 0 Å². The Labute approximate surface area is 120 Å². The maximum Gasteiger partial charge on any atom is 0.235 e. The number of hydrogen-bond acceptors (Lipinski definition) is 4. The molecule has 3 rings (SSSR count). The summed E-state index contributed by atoms with van der Waals surface area (Å²) in [5.74, 6) is 0.268. The molecule has 0 spiro atoms. The molecule has 2 aliphatic heterocycles. The lowest BCUT2D eigenvalue weighted by Gasteiger charge is -2.36. The minimum absolute atomic E-state index is 0.268. The van der Waals surface area contributed by atoms with E-state index in [0.29, 0.717) is 6.54 Å². The Morgan fingerprint density at radius 2 is 1.60 bits per heavy atom. The molecular weight excluding hydrogens is 274 g/mol. The Balaban J connectivity index is 1.93. The zero-order valence-corrected chi connectivity index (χ0v) is 12.6. The lowest BCUT2D eigenvalue weighted by atomic mass is 10.2. The molecule has 0 atom stereocenters. The average Bonchev–Trinajstić information content (AvgIpc) is 2.79. The molecule has 0 saturated carbocycles. The summed E-state index contributed by atoms with van der Waals surface area (Å²) in [6, 6.07) is 7.87. The molecule has 0 bridgehead atoms. The Morgan fingerprint density at radius 1 is 0.950 bits per heavy atom. The van der Waals surface area contributed by atoms with Crippen molar-refractivity contribution in [3.63, 3.8) is 0 Å². The van der Waals surface area contributed by atoms with Gasteiger partial charge in [0.15, 0.2) is 0 Å². The lowest BCUT2D eigenvalue weighted by Crippen LogP contribution is -2.45. The fourth-order valence-corrected chi connectivity index (χ4v) is 4.48. The van der Waals surface area contributed by atoms with Crippen molar-refractivity contribution in [1.29, 1.82) is 0 Å². The van der Waals surface area contributed by atoms with Crippen LogP contribution in [0.2, 0.25) is 0 Å². The Kier molecular flexibility index (Phi) is 3.60. The van der Waals surface area contributed by atoms with E-state index in [1.54, 1.807) is 4.31 Å². The Bertz CT molecular complexity index is 580. The molecular formula is C14H21N3O2S. The predicted octanol–water partition coefficient (Wildman–Crippen LogP) is 0.978. The van der Waals surface area contributed by atoms with Gasteiger partial charge in [-0.1, -0.05) is 12.1 Å². The van der Waals surface area contributed by atoms with Gasteiger partial charge in [0.2, 0.25) is 10.0 Å². The van der Waals surface area contributed by atoms with Crippen molar-refractivity contribution in [2.75, 3.05) is 54.7 Å². The predicted molar refractivity (Wildman–Crippen MR) is 81.9 cm³/mol. The third-order valence-electron chi connectivity index (χ3n) is 4.09. The average molecular weight is 295 g/mol. The number of benzene rings is 1. The summed E-state index contributed by atoms with van der Waals surface area (Å²) in [7, 11) is -0.997. The van der Waals surface area contributed by atoms with Crippen molar-refractivity contribution in [1.82, 2.24) is 4.90 Å². The van der Waals surface area contributed by atoms with Gasteiger partial charge in [-0.25, -0.2) is 8.42 Å². The number of nitrogens with zero attached hydrogens (tertiary/aromatic N) is 3. The van der Waals surface area contributed by atoms with E-state index in [4.69, 9.17) is 0 Å². The quantitative estimate of drug-likeness (QED) is 0.816. The number of sulfonamides is 1. The maximum absolute atomic E-state index is 12.1. The minimum Gasteiger partial charge on any atom is -0.367 e. The molecule has 2 aliphatic rings. The molecule has 0 aromatic heterocycles. The molecule has 0 unspecified atom stereocenters. The molecule has 110 valence electrons. The first-order chi connectivity index (χ1) is 9.58. The molecule has 20 heavy (non-hydrogen) atoms. The minimum atomic E-state index is -3.12. The summed E-state index contributed by atoms with van der Waals surface area (Å²) in [5.41, 5.74) is 1.89. The second-order valence-corrected chi connectivity index (χ2v) is 7.53. The van der Waals surface area contributed by atoms with Crippen LogP contribution in [0, 0.1) is 0 Å². The van der Waals surface area contributed by atoms with Gasteiger partial charge in [-0.15, -0.1) is 0 Å². The molecule has 2 saturated heterocycles. The molecule has 2 heterocycles. The number of anilines is 2. The molecule has 0 amide bonds. The van der Waals surface area contributed by atoms with Gasteiger partial charge in [-0.2, -0.15) is 0 Å². The fraction of sp³-hybridized carbons (Fsp3) is 0.571. The Hall–Kier alpha value is -1.27. The summed E-state index contributed by atoms with van der Waals surface area (Å²) in [4.78, 5) is 4.59. The van der Waals surface area contributed by atoms with Crippen LogP contribution in [0.4, 0.5) is 11.4 Å². The summed E-state index contributed by atoms with van der Waals surface area (Å²) >= 11 is 0. The number of likely N-dealkylation sites (N-methyl/N-ethyl adjacent to an activating group) is 1. The van der Waals surface area contributed by atoms with E-state index in [1.165, 1.54) is 0 Å². The molecule has 0 radical (unpaired) electrons. The third-order valence-corrected chi connectivity index (χ3v) is 5.95. The standard InChI is InChI=1S/C14H21N3O2S/c1-15-8-10-16(11-9-15)13-5-2-3-6-14(13)17-7-4-12-20(17,18)19/h2-3,5-6H,4,7-12H2,1H3. The van der Waals surface area contributed by atoms with Gasteiger partial charge in [-0.05, 0) is 25.6 Å². The van der Waals surface area contributed by atoms with Crippen molar-refractivity contribution >= 4 is 21.4 Å². The van der Waals surface area contributed by atoms with Crippen LogP contribution < -0.4 is 9.21 Å². The third kappa shape index (κ3) is 2.50. The Morgan fingerprint density at radius 3 is 2.20 bits per heavy atom. The van der Waals surface area contributed by atoms with Gasteiger partial charge < -0.3 is 9.80 Å². The van der Waals surface area contributed by atoms with Crippen molar-refractivity contribution in [2.45, 2.75) is 6.42 Å². The topological polar surface area (TPSA) is 43.9 Å². The number of piperazine rings is 1. The highest BCUT2D eigenvalue weighted by atomic mass is 32.2. The molecule has 1 aromatic rings.